The topological polar surface area (TPSA) is 30.7 Å². The van der Waals surface area contributed by atoms with Crippen LogP contribution in [-0.2, 0) is 11.4 Å². The van der Waals surface area contributed by atoms with Gasteiger partial charge in [-0.05, 0) is 32.0 Å². The summed E-state index contributed by atoms with van der Waals surface area (Å²) in [6.07, 6.45) is 1.83. The summed E-state index contributed by atoms with van der Waals surface area (Å²) < 4.78 is 3.21. The molecule has 0 aliphatic heterocycles. The van der Waals surface area contributed by atoms with Crippen molar-refractivity contribution in [2.24, 2.45) is 0 Å². The number of imidazole rings is 1. The molecule has 0 aliphatic rings. The molecule has 3 aromatic rings. The van der Waals surface area contributed by atoms with Crippen LogP contribution >= 0.6 is 38.9 Å². The van der Waals surface area contributed by atoms with Gasteiger partial charge >= 0.3 is 0 Å². The monoisotopic (exact) mass is 369 g/mol. The zero-order valence-electron chi connectivity index (χ0n) is 11.1. The first-order chi connectivity index (χ1) is 9.54. The van der Waals surface area contributed by atoms with E-state index in [1.807, 2.05) is 23.7 Å². The highest BCUT2D eigenvalue weighted by molar-refractivity contribution is 9.10. The van der Waals surface area contributed by atoms with Crippen LogP contribution in [0.4, 0.5) is 0 Å². The smallest absolute Gasteiger partial charge is 0.125 e. The molecule has 2 heterocycles. The molecular formula is C14H13BrClN3S. The quantitative estimate of drug-likeness (QED) is 0.621. The Morgan fingerprint density at radius 3 is 2.85 bits per heavy atom. The van der Waals surface area contributed by atoms with Crippen molar-refractivity contribution < 1.29 is 0 Å². The van der Waals surface area contributed by atoms with E-state index in [0.717, 1.165) is 26.3 Å². The van der Waals surface area contributed by atoms with E-state index in [9.17, 15) is 0 Å². The van der Waals surface area contributed by atoms with Crippen molar-refractivity contribution in [2.45, 2.75) is 25.3 Å². The Labute approximate surface area is 134 Å². The number of thiazole rings is 1. The first-order valence-corrected chi connectivity index (χ1v) is 8.38. The van der Waals surface area contributed by atoms with Crippen molar-refractivity contribution in [1.29, 1.82) is 0 Å². The second-order valence-corrected chi connectivity index (χ2v) is 7.10. The number of rotatable bonds is 3. The molecule has 1 aromatic carbocycles. The summed E-state index contributed by atoms with van der Waals surface area (Å²) in [5.74, 6) is 1.24. The Hall–Kier alpha value is -0.910. The van der Waals surface area contributed by atoms with Crippen molar-refractivity contribution in [3.8, 4) is 0 Å². The van der Waals surface area contributed by atoms with Gasteiger partial charge in [-0.1, -0.05) is 15.9 Å². The molecule has 3 rings (SSSR count). The molecule has 0 bridgehead atoms. The molecule has 0 saturated heterocycles. The van der Waals surface area contributed by atoms with Gasteiger partial charge in [0.15, 0.2) is 0 Å². The lowest BCUT2D eigenvalue weighted by atomic mass is 10.1. The number of benzene rings is 1. The lowest BCUT2D eigenvalue weighted by molar-refractivity contribution is 0.435. The molecule has 0 amide bonds. The molecule has 0 N–H and O–H groups in total. The van der Waals surface area contributed by atoms with Gasteiger partial charge in [0.05, 0.1) is 22.5 Å². The first kappa shape index (κ1) is 14.0. The summed E-state index contributed by atoms with van der Waals surface area (Å²) in [4.78, 5) is 9.10. The minimum absolute atomic E-state index is 0.284. The molecule has 3 nitrogen and oxygen atoms in total. The predicted molar refractivity (Wildman–Crippen MR) is 87.5 cm³/mol. The van der Waals surface area contributed by atoms with E-state index in [0.29, 0.717) is 5.88 Å². The van der Waals surface area contributed by atoms with Crippen LogP contribution in [0.1, 0.15) is 24.7 Å². The Morgan fingerprint density at radius 2 is 2.20 bits per heavy atom. The van der Waals surface area contributed by atoms with Crippen LogP contribution in [0.15, 0.2) is 34.2 Å². The normalized spacial score (nSPS) is 12.2. The maximum Gasteiger partial charge on any atom is 0.125 e. The summed E-state index contributed by atoms with van der Waals surface area (Å²) >= 11 is 11.3. The van der Waals surface area contributed by atoms with Crippen LogP contribution < -0.4 is 0 Å². The number of nitrogens with zero attached hydrogens (tertiary/aromatic N) is 3. The van der Waals surface area contributed by atoms with Crippen molar-refractivity contribution >= 4 is 49.9 Å². The number of alkyl halides is 1. The Kier molecular flexibility index (Phi) is 3.60. The SMILES string of the molecule is CC(C)(c1nccs1)n1c(CCl)nc2ccc(Br)cc21. The molecule has 0 saturated carbocycles. The molecule has 6 heteroatoms. The highest BCUT2D eigenvalue weighted by Crippen LogP contribution is 2.33. The number of hydrogen-bond donors (Lipinski definition) is 0. The average Bonchev–Trinajstić information content (AvgIpc) is 3.05. The number of aromatic nitrogens is 3. The highest BCUT2D eigenvalue weighted by Gasteiger charge is 2.30. The molecule has 20 heavy (non-hydrogen) atoms. The van der Waals surface area contributed by atoms with Gasteiger partial charge in [0.25, 0.3) is 0 Å². The van der Waals surface area contributed by atoms with Gasteiger partial charge in [-0.15, -0.1) is 22.9 Å². The standard InChI is InChI=1S/C14H13BrClN3S/c1-14(2,13-17-5-6-20-13)19-11-7-9(15)3-4-10(11)18-12(19)8-16/h3-7H,8H2,1-2H3. The predicted octanol–water partition coefficient (Wildman–Crippen LogP) is 4.78. The second kappa shape index (κ2) is 5.13. The van der Waals surface area contributed by atoms with E-state index in [2.05, 4.69) is 50.4 Å². The second-order valence-electron chi connectivity index (χ2n) is 5.03. The van der Waals surface area contributed by atoms with Crippen LogP contribution in [0.2, 0.25) is 0 Å². The fraction of sp³-hybridized carbons (Fsp3) is 0.286. The van der Waals surface area contributed by atoms with Crippen molar-refractivity contribution in [3.05, 3.63) is 45.1 Å². The van der Waals surface area contributed by atoms with E-state index >= 15 is 0 Å². The van der Waals surface area contributed by atoms with Gasteiger partial charge < -0.3 is 4.57 Å². The Balaban J connectivity index is 2.31. The maximum atomic E-state index is 6.10. The van der Waals surface area contributed by atoms with Crippen molar-refractivity contribution in [1.82, 2.24) is 14.5 Å². The third kappa shape index (κ3) is 2.18. The molecule has 0 radical (unpaired) electrons. The lowest BCUT2D eigenvalue weighted by Crippen LogP contribution is -2.29. The van der Waals surface area contributed by atoms with Crippen LogP contribution in [0.25, 0.3) is 11.0 Å². The van der Waals surface area contributed by atoms with E-state index in [1.165, 1.54) is 0 Å². The summed E-state index contributed by atoms with van der Waals surface area (Å²) in [5, 5.41) is 3.04. The molecule has 0 spiro atoms. The zero-order valence-corrected chi connectivity index (χ0v) is 14.3. The van der Waals surface area contributed by atoms with Gasteiger partial charge in [0, 0.05) is 16.0 Å². The molecule has 104 valence electrons. The molecule has 0 fully saturated rings. The van der Waals surface area contributed by atoms with Crippen LogP contribution in [0, 0.1) is 0 Å². The molecule has 0 atom stereocenters. The fourth-order valence-electron chi connectivity index (χ4n) is 2.43. The third-order valence-corrected chi connectivity index (χ3v) is 5.14. The van der Waals surface area contributed by atoms with Gasteiger partial charge in [-0.3, -0.25) is 0 Å². The van der Waals surface area contributed by atoms with Crippen molar-refractivity contribution in [3.63, 3.8) is 0 Å². The number of fused-ring (bicyclic) bond motifs is 1. The lowest BCUT2D eigenvalue weighted by Gasteiger charge is -2.27. The molecule has 0 aliphatic carbocycles. The van der Waals surface area contributed by atoms with Gasteiger partial charge in [-0.2, -0.15) is 0 Å². The van der Waals surface area contributed by atoms with E-state index in [-0.39, 0.29) is 5.54 Å². The molecule has 2 aromatic heterocycles. The number of hydrogen-bond acceptors (Lipinski definition) is 3. The fourth-order valence-corrected chi connectivity index (χ4v) is 3.71. The Bertz CT molecular complexity index is 749. The maximum absolute atomic E-state index is 6.10. The van der Waals surface area contributed by atoms with Crippen LogP contribution in [-0.4, -0.2) is 14.5 Å². The summed E-state index contributed by atoms with van der Waals surface area (Å²) in [6, 6.07) is 6.08. The third-order valence-electron chi connectivity index (χ3n) is 3.32. The van der Waals surface area contributed by atoms with Crippen LogP contribution in [0.3, 0.4) is 0 Å². The van der Waals surface area contributed by atoms with E-state index in [4.69, 9.17) is 11.6 Å². The highest BCUT2D eigenvalue weighted by atomic mass is 79.9. The van der Waals surface area contributed by atoms with Crippen LogP contribution in [0.5, 0.6) is 0 Å². The largest absolute Gasteiger partial charge is 0.315 e. The van der Waals surface area contributed by atoms with Crippen molar-refractivity contribution in [2.75, 3.05) is 0 Å². The minimum Gasteiger partial charge on any atom is -0.315 e. The Morgan fingerprint density at radius 1 is 1.40 bits per heavy atom. The van der Waals surface area contributed by atoms with Gasteiger partial charge in [0.2, 0.25) is 0 Å². The summed E-state index contributed by atoms with van der Waals surface area (Å²) in [7, 11) is 0. The van der Waals surface area contributed by atoms with Gasteiger partial charge in [-0.25, -0.2) is 9.97 Å². The molecular weight excluding hydrogens is 358 g/mol. The van der Waals surface area contributed by atoms with E-state index in [1.54, 1.807) is 11.3 Å². The molecule has 0 unspecified atom stereocenters. The zero-order chi connectivity index (χ0) is 14.3. The van der Waals surface area contributed by atoms with Gasteiger partial charge in [0.1, 0.15) is 10.8 Å². The first-order valence-electron chi connectivity index (χ1n) is 6.17. The number of halogens is 2. The summed E-state index contributed by atoms with van der Waals surface area (Å²) in [6.45, 7) is 4.29. The van der Waals surface area contributed by atoms with E-state index < -0.39 is 0 Å². The average molecular weight is 371 g/mol. The summed E-state index contributed by atoms with van der Waals surface area (Å²) in [5.41, 5.74) is 1.73. The minimum atomic E-state index is -0.284.